The topological polar surface area (TPSA) is 28.7 Å². The van der Waals surface area contributed by atoms with Crippen molar-refractivity contribution < 1.29 is 64.3 Å². The van der Waals surface area contributed by atoms with Crippen LogP contribution in [0.15, 0.2) is 6.20 Å². The second-order valence-corrected chi connectivity index (χ2v) is 3.09. The number of nitrogens with one attached hydrogen (secondary N) is 1. The largest absolute Gasteiger partial charge is 1.00 e. The summed E-state index contributed by atoms with van der Waals surface area (Å²) in [4.78, 5) is 0. The first-order chi connectivity index (χ1) is 5.59. The molecule has 0 bridgehead atoms. The van der Waals surface area contributed by atoms with E-state index in [-0.39, 0.29) is 63.0 Å². The Hall–Kier alpha value is 0.701. The van der Waals surface area contributed by atoms with Gasteiger partial charge in [-0.05, 0) is 18.8 Å². The summed E-state index contributed by atoms with van der Waals surface area (Å²) in [6, 6.07) is 0. The summed E-state index contributed by atoms with van der Waals surface area (Å²) < 4.78 is 36.8. The van der Waals surface area contributed by atoms with Gasteiger partial charge in [-0.2, -0.15) is 5.10 Å². The molecule has 0 saturated heterocycles. The molecule has 1 aromatic rings. The molecule has 0 amide bonds. The van der Waals surface area contributed by atoms with E-state index >= 15 is 0 Å². The molecule has 0 radical (unpaired) electrons. The summed E-state index contributed by atoms with van der Waals surface area (Å²) in [5.41, 5.74) is -0.264. The van der Waals surface area contributed by atoms with E-state index in [1.54, 1.807) is 0 Å². The van der Waals surface area contributed by atoms with Gasteiger partial charge in [-0.1, -0.05) is 5.46 Å². The maximum absolute atomic E-state index is 12.3. The number of rotatable bonds is 2. The van der Waals surface area contributed by atoms with E-state index in [2.05, 4.69) is 10.2 Å². The van der Waals surface area contributed by atoms with Crippen LogP contribution in [0.3, 0.4) is 0 Å². The maximum Gasteiger partial charge on any atom is 1.00 e. The van der Waals surface area contributed by atoms with E-state index in [9.17, 15) is 12.9 Å². The van der Waals surface area contributed by atoms with Gasteiger partial charge in [0.05, 0.1) is 0 Å². The second kappa shape index (κ2) is 4.06. The molecule has 1 fully saturated rings. The Morgan fingerprint density at radius 1 is 1.38 bits per heavy atom. The number of hydrogen-bond acceptors (Lipinski definition) is 1. The van der Waals surface area contributed by atoms with Crippen LogP contribution in [0.2, 0.25) is 0 Å². The molecule has 0 spiro atoms. The third-order valence-corrected chi connectivity index (χ3v) is 2.04. The van der Waals surface area contributed by atoms with Crippen molar-refractivity contribution >= 4 is 12.4 Å². The van der Waals surface area contributed by atoms with Crippen LogP contribution in [0.5, 0.6) is 0 Å². The van der Waals surface area contributed by atoms with Gasteiger partial charge in [0.15, 0.2) is 0 Å². The minimum absolute atomic E-state index is 0. The average Bonchev–Trinajstić information content (AvgIpc) is 2.65. The van der Waals surface area contributed by atoms with Crippen molar-refractivity contribution in [2.45, 2.75) is 18.8 Å². The first-order valence-electron chi connectivity index (χ1n) is 3.82. The van der Waals surface area contributed by atoms with E-state index in [4.69, 9.17) is 0 Å². The van der Waals surface area contributed by atoms with Crippen molar-refractivity contribution in [1.29, 1.82) is 0 Å². The Bertz CT molecular complexity index is 294. The van der Waals surface area contributed by atoms with Crippen molar-refractivity contribution in [2.24, 2.45) is 0 Å². The molecule has 7 heteroatoms. The van der Waals surface area contributed by atoms with Crippen LogP contribution in [0, 0.1) is 0 Å². The van der Waals surface area contributed by atoms with Crippen LogP contribution in [0.25, 0.3) is 0 Å². The van der Waals surface area contributed by atoms with Crippen LogP contribution >= 0.6 is 0 Å². The van der Waals surface area contributed by atoms with Gasteiger partial charge in [0, 0.05) is 11.9 Å². The zero-order valence-electron chi connectivity index (χ0n) is 7.23. The second-order valence-electron chi connectivity index (χ2n) is 3.09. The molecule has 0 aromatic carbocycles. The van der Waals surface area contributed by atoms with Crippen molar-refractivity contribution in [3.05, 3.63) is 11.9 Å². The molecular weight excluding hydrogens is 207 g/mol. The van der Waals surface area contributed by atoms with Gasteiger partial charge >= 0.3 is 58.4 Å². The van der Waals surface area contributed by atoms with Crippen LogP contribution < -0.4 is 56.8 Å². The van der Waals surface area contributed by atoms with Crippen LogP contribution in [0.4, 0.5) is 12.9 Å². The van der Waals surface area contributed by atoms with E-state index in [0.717, 1.165) is 19.0 Å². The zero-order chi connectivity index (χ0) is 8.77. The minimum atomic E-state index is -4.88. The fourth-order valence-electron chi connectivity index (χ4n) is 1.27. The van der Waals surface area contributed by atoms with Crippen LogP contribution in [-0.2, 0) is 0 Å². The molecule has 2 rings (SSSR count). The van der Waals surface area contributed by atoms with Gasteiger partial charge < -0.3 is 12.9 Å². The molecule has 0 unspecified atom stereocenters. The molecule has 0 aliphatic heterocycles. The molecule has 1 N–H and O–H groups in total. The average molecular weight is 214 g/mol. The Balaban J connectivity index is 0.000000845. The number of aromatic amines is 1. The normalized spacial score (nSPS) is 16.8. The van der Waals surface area contributed by atoms with Gasteiger partial charge in [0.25, 0.3) is 0 Å². The SMILES string of the molecule is F[B-](F)(F)c1cn[nH]c1C1CC1.[K+]. The van der Waals surface area contributed by atoms with Crippen LogP contribution in [0.1, 0.15) is 24.5 Å². The molecule has 1 saturated carbocycles. The van der Waals surface area contributed by atoms with Crippen molar-refractivity contribution in [3.63, 3.8) is 0 Å². The predicted octanol–water partition coefficient (Wildman–Crippen LogP) is -1.65. The van der Waals surface area contributed by atoms with Gasteiger partial charge in [-0.25, -0.2) is 0 Å². The molecular formula is C6H7BF3KN2. The van der Waals surface area contributed by atoms with E-state index in [1.165, 1.54) is 0 Å². The number of hydrogen-bond donors (Lipinski definition) is 1. The van der Waals surface area contributed by atoms with E-state index < -0.39 is 12.4 Å². The molecule has 13 heavy (non-hydrogen) atoms. The van der Waals surface area contributed by atoms with Gasteiger partial charge in [0.1, 0.15) is 0 Å². The molecule has 1 aliphatic carbocycles. The first-order valence-corrected chi connectivity index (χ1v) is 3.82. The number of aromatic nitrogens is 2. The standard InChI is InChI=1S/C6H7BF3N2.K/c8-7(9,10)5-3-11-12-6(5)4-1-2-4;/h3-4H,1-2H2,(H,11,12);/q-1;+1. The molecule has 1 aromatic heterocycles. The van der Waals surface area contributed by atoms with Crippen molar-refractivity contribution in [3.8, 4) is 0 Å². The Morgan fingerprint density at radius 3 is 2.46 bits per heavy atom. The number of nitrogens with zero attached hydrogens (tertiary/aromatic N) is 1. The third kappa shape index (κ3) is 2.59. The van der Waals surface area contributed by atoms with Crippen molar-refractivity contribution in [1.82, 2.24) is 10.2 Å². The maximum atomic E-state index is 12.3. The fourth-order valence-corrected chi connectivity index (χ4v) is 1.27. The van der Waals surface area contributed by atoms with Crippen molar-refractivity contribution in [2.75, 3.05) is 0 Å². The molecule has 0 atom stereocenters. The van der Waals surface area contributed by atoms with Gasteiger partial charge in [-0.3, -0.25) is 5.10 Å². The summed E-state index contributed by atoms with van der Waals surface area (Å²) >= 11 is 0. The Kier molecular flexibility index (Phi) is 3.68. The fraction of sp³-hybridized carbons (Fsp3) is 0.500. The summed E-state index contributed by atoms with van der Waals surface area (Å²) in [6.07, 6.45) is 2.58. The summed E-state index contributed by atoms with van der Waals surface area (Å²) in [5, 5.41) is 5.84. The summed E-state index contributed by atoms with van der Waals surface area (Å²) in [7, 11) is 0. The summed E-state index contributed by atoms with van der Waals surface area (Å²) in [5.74, 6) is 0.0750. The smallest absolute Gasteiger partial charge is 0.445 e. The van der Waals surface area contributed by atoms with E-state index in [1.807, 2.05) is 0 Å². The molecule has 1 aliphatic rings. The van der Waals surface area contributed by atoms with Gasteiger partial charge in [0.2, 0.25) is 0 Å². The monoisotopic (exact) mass is 214 g/mol. The number of H-pyrrole nitrogens is 1. The predicted molar refractivity (Wildman–Crippen MR) is 39.3 cm³/mol. The third-order valence-electron chi connectivity index (χ3n) is 2.04. The molecule has 66 valence electrons. The molecule has 1 heterocycles. The first kappa shape index (κ1) is 11.8. The number of halogens is 3. The Labute approximate surface area is 116 Å². The Morgan fingerprint density at radius 2 is 2.00 bits per heavy atom. The molecule has 2 nitrogen and oxygen atoms in total. The summed E-state index contributed by atoms with van der Waals surface area (Å²) in [6.45, 7) is -4.88. The quantitative estimate of drug-likeness (QED) is 0.587. The van der Waals surface area contributed by atoms with Gasteiger partial charge in [-0.15, -0.1) is 0 Å². The van der Waals surface area contributed by atoms with E-state index in [0.29, 0.717) is 0 Å². The van der Waals surface area contributed by atoms with Crippen LogP contribution in [-0.4, -0.2) is 17.2 Å². The minimum Gasteiger partial charge on any atom is -0.445 e. The zero-order valence-corrected chi connectivity index (χ0v) is 10.4.